The van der Waals surface area contributed by atoms with Crippen LogP contribution in [0, 0.1) is 18.8 Å². The molecule has 0 radical (unpaired) electrons. The zero-order chi connectivity index (χ0) is 32.2. The molecule has 0 spiro atoms. The molecule has 1 aromatic carbocycles. The standard InChI is InChI=1S/C37H48N4O5/c1-22(2)46-37(43)39-30-14-11-26(12-15-30)35(42)41-34(25-7-5-24(6-8-25)28-13-16-33(44-4)23(3)19-28)31-20-29(17-18-38-31)32-21-45-36(40-32)27-9-10-27/h13,16-22,24-27,30,34H,5-12,14-15H2,1-4H3,(H,39,43)(H,41,42). The zero-order valence-electron chi connectivity index (χ0n) is 27.6. The first-order chi connectivity index (χ1) is 22.3. The van der Waals surface area contributed by atoms with Crippen molar-refractivity contribution in [1.29, 1.82) is 0 Å². The number of amides is 2. The Labute approximate surface area is 272 Å². The van der Waals surface area contributed by atoms with Crippen LogP contribution in [0.3, 0.4) is 0 Å². The Morgan fingerprint density at radius 1 is 0.935 bits per heavy atom. The monoisotopic (exact) mass is 628 g/mol. The molecule has 2 N–H and O–H groups in total. The third-order valence-corrected chi connectivity index (χ3v) is 10.0. The summed E-state index contributed by atoms with van der Waals surface area (Å²) in [6, 6.07) is 10.4. The van der Waals surface area contributed by atoms with Crippen molar-refractivity contribution in [2.24, 2.45) is 11.8 Å². The fourth-order valence-corrected chi connectivity index (χ4v) is 7.28. The van der Waals surface area contributed by atoms with Crippen molar-refractivity contribution in [3.63, 3.8) is 0 Å². The number of ether oxygens (including phenoxy) is 2. The first-order valence-corrected chi connectivity index (χ1v) is 17.1. The van der Waals surface area contributed by atoms with Gasteiger partial charge in [-0.15, -0.1) is 0 Å². The van der Waals surface area contributed by atoms with Crippen molar-refractivity contribution in [3.8, 4) is 17.0 Å². The number of oxazole rings is 1. The van der Waals surface area contributed by atoms with Crippen LogP contribution in [-0.4, -0.2) is 41.2 Å². The van der Waals surface area contributed by atoms with Crippen LogP contribution in [0.1, 0.15) is 119 Å². The van der Waals surface area contributed by atoms with Crippen molar-refractivity contribution in [3.05, 3.63) is 65.5 Å². The number of aryl methyl sites for hydroxylation is 1. The molecule has 1 atom stereocenters. The summed E-state index contributed by atoms with van der Waals surface area (Å²) in [5, 5.41) is 6.44. The van der Waals surface area contributed by atoms with Gasteiger partial charge in [-0.2, -0.15) is 0 Å². The van der Waals surface area contributed by atoms with E-state index in [9.17, 15) is 9.59 Å². The van der Waals surface area contributed by atoms with E-state index in [2.05, 4.69) is 41.8 Å². The molecule has 2 aromatic heterocycles. The topological polar surface area (TPSA) is 116 Å². The normalized spacial score (nSPS) is 23.8. The van der Waals surface area contributed by atoms with E-state index in [-0.39, 0.29) is 42.0 Å². The molecule has 3 fully saturated rings. The SMILES string of the molecule is COc1ccc(C2CCC(C(NC(=O)C3CCC(NC(=O)OC(C)C)CC3)c3cc(-c4coc(C5CC5)n4)ccn3)CC2)cc1C. The minimum atomic E-state index is -0.384. The molecule has 0 aliphatic heterocycles. The van der Waals surface area contributed by atoms with Crippen LogP contribution in [0.4, 0.5) is 4.79 Å². The Hall–Kier alpha value is -3.88. The highest BCUT2D eigenvalue weighted by atomic mass is 16.6. The molecule has 9 heteroatoms. The van der Waals surface area contributed by atoms with Gasteiger partial charge in [0.05, 0.1) is 24.9 Å². The summed E-state index contributed by atoms with van der Waals surface area (Å²) >= 11 is 0. The van der Waals surface area contributed by atoms with E-state index < -0.39 is 0 Å². The largest absolute Gasteiger partial charge is 0.496 e. The number of benzene rings is 1. The number of alkyl carbamates (subject to hydrolysis) is 1. The average molecular weight is 629 g/mol. The minimum Gasteiger partial charge on any atom is -0.496 e. The highest BCUT2D eigenvalue weighted by Crippen LogP contribution is 2.43. The second kappa shape index (κ2) is 14.3. The summed E-state index contributed by atoms with van der Waals surface area (Å²) in [6.07, 6.45) is 12.4. The number of pyridine rings is 1. The molecule has 46 heavy (non-hydrogen) atoms. The second-order valence-electron chi connectivity index (χ2n) is 13.8. The number of hydrogen-bond acceptors (Lipinski definition) is 7. The Kier molecular flexibility index (Phi) is 9.95. The van der Waals surface area contributed by atoms with E-state index in [1.54, 1.807) is 13.4 Å². The molecule has 2 heterocycles. The first-order valence-electron chi connectivity index (χ1n) is 17.1. The summed E-state index contributed by atoms with van der Waals surface area (Å²) < 4.78 is 16.5. The molecule has 3 aromatic rings. The fraction of sp³-hybridized carbons (Fsp3) is 0.568. The molecule has 3 saturated carbocycles. The zero-order valence-corrected chi connectivity index (χ0v) is 27.6. The Balaban J connectivity index is 1.16. The van der Waals surface area contributed by atoms with Crippen molar-refractivity contribution in [2.45, 2.75) is 115 Å². The number of carbonyl (C=O) groups is 2. The average Bonchev–Trinajstić information content (AvgIpc) is 3.79. The first kappa shape index (κ1) is 32.1. The predicted octanol–water partition coefficient (Wildman–Crippen LogP) is 7.76. The van der Waals surface area contributed by atoms with Crippen LogP contribution >= 0.6 is 0 Å². The van der Waals surface area contributed by atoms with E-state index in [0.29, 0.717) is 11.8 Å². The van der Waals surface area contributed by atoms with Gasteiger partial charge in [0.1, 0.15) is 17.7 Å². The van der Waals surface area contributed by atoms with Gasteiger partial charge in [-0.1, -0.05) is 12.1 Å². The Bertz CT molecular complexity index is 1500. The highest BCUT2D eigenvalue weighted by molar-refractivity contribution is 5.79. The number of nitrogens with one attached hydrogen (secondary N) is 2. The number of carbonyl (C=O) groups excluding carboxylic acids is 2. The third kappa shape index (κ3) is 7.73. The van der Waals surface area contributed by atoms with E-state index in [1.165, 1.54) is 5.56 Å². The van der Waals surface area contributed by atoms with E-state index in [1.807, 2.05) is 26.1 Å². The summed E-state index contributed by atoms with van der Waals surface area (Å²) in [5.41, 5.74) is 5.17. The van der Waals surface area contributed by atoms with E-state index >= 15 is 0 Å². The predicted molar refractivity (Wildman–Crippen MR) is 176 cm³/mol. The maximum absolute atomic E-state index is 13.8. The van der Waals surface area contributed by atoms with Crippen LogP contribution in [0.5, 0.6) is 5.75 Å². The molecular weight excluding hydrogens is 580 g/mol. The quantitative estimate of drug-likeness (QED) is 0.236. The van der Waals surface area contributed by atoms with Crippen LogP contribution in [-0.2, 0) is 9.53 Å². The molecular formula is C37H48N4O5. The third-order valence-electron chi connectivity index (χ3n) is 10.0. The van der Waals surface area contributed by atoms with Crippen LogP contribution < -0.4 is 15.4 Å². The summed E-state index contributed by atoms with van der Waals surface area (Å²) in [7, 11) is 1.71. The molecule has 3 aliphatic carbocycles. The number of methoxy groups -OCH3 is 1. The summed E-state index contributed by atoms with van der Waals surface area (Å²) in [5.74, 6) is 2.91. The maximum atomic E-state index is 13.8. The van der Waals surface area contributed by atoms with Crippen molar-refractivity contribution >= 4 is 12.0 Å². The van der Waals surface area contributed by atoms with Crippen molar-refractivity contribution in [2.75, 3.05) is 7.11 Å². The number of aromatic nitrogens is 2. The fourth-order valence-electron chi connectivity index (χ4n) is 7.28. The van der Waals surface area contributed by atoms with Gasteiger partial charge in [0.25, 0.3) is 0 Å². The van der Waals surface area contributed by atoms with Gasteiger partial charge in [-0.25, -0.2) is 9.78 Å². The van der Waals surface area contributed by atoms with Gasteiger partial charge in [0, 0.05) is 29.6 Å². The molecule has 2 amide bonds. The number of rotatable bonds is 10. The Morgan fingerprint density at radius 3 is 2.35 bits per heavy atom. The minimum absolute atomic E-state index is 0.0318. The molecule has 6 rings (SSSR count). The van der Waals surface area contributed by atoms with E-state index in [4.69, 9.17) is 23.9 Å². The van der Waals surface area contributed by atoms with Gasteiger partial charge in [0.2, 0.25) is 5.91 Å². The second-order valence-corrected chi connectivity index (χ2v) is 13.8. The lowest BCUT2D eigenvalue weighted by atomic mass is 9.74. The molecule has 0 saturated heterocycles. The lowest BCUT2D eigenvalue weighted by molar-refractivity contribution is -0.127. The molecule has 1 unspecified atom stereocenters. The number of hydrogen-bond donors (Lipinski definition) is 2. The van der Waals surface area contributed by atoms with Gasteiger partial charge < -0.3 is 24.5 Å². The van der Waals surface area contributed by atoms with Gasteiger partial charge in [-0.3, -0.25) is 9.78 Å². The Morgan fingerprint density at radius 2 is 1.67 bits per heavy atom. The molecule has 246 valence electrons. The summed E-state index contributed by atoms with van der Waals surface area (Å²) in [4.78, 5) is 35.5. The smallest absolute Gasteiger partial charge is 0.407 e. The van der Waals surface area contributed by atoms with Crippen LogP contribution in [0.25, 0.3) is 11.3 Å². The highest BCUT2D eigenvalue weighted by Gasteiger charge is 2.35. The van der Waals surface area contributed by atoms with Gasteiger partial charge >= 0.3 is 6.09 Å². The maximum Gasteiger partial charge on any atom is 0.407 e. The van der Waals surface area contributed by atoms with Crippen LogP contribution in [0.2, 0.25) is 0 Å². The summed E-state index contributed by atoms with van der Waals surface area (Å²) in [6.45, 7) is 5.78. The molecule has 3 aliphatic rings. The molecule has 0 bridgehead atoms. The van der Waals surface area contributed by atoms with E-state index in [0.717, 1.165) is 98.4 Å². The van der Waals surface area contributed by atoms with Crippen molar-refractivity contribution < 1.29 is 23.5 Å². The molecule has 9 nitrogen and oxygen atoms in total. The lowest BCUT2D eigenvalue weighted by Crippen LogP contribution is -2.43. The van der Waals surface area contributed by atoms with Gasteiger partial charge in [-0.05, 0) is 126 Å². The van der Waals surface area contributed by atoms with Gasteiger partial charge in [0.15, 0.2) is 5.89 Å². The number of nitrogens with zero attached hydrogens (tertiary/aromatic N) is 2. The van der Waals surface area contributed by atoms with Crippen LogP contribution in [0.15, 0.2) is 47.2 Å². The lowest BCUT2D eigenvalue weighted by Gasteiger charge is -2.36. The van der Waals surface area contributed by atoms with Crippen molar-refractivity contribution in [1.82, 2.24) is 20.6 Å².